The van der Waals surface area contributed by atoms with Crippen molar-refractivity contribution in [1.82, 2.24) is 4.90 Å². The van der Waals surface area contributed by atoms with Gasteiger partial charge < -0.3 is 10.5 Å². The SMILES string of the molecule is COc1ccc(F)cc1CN1CC(N)CC1(C)C. The molecule has 0 radical (unpaired) electrons. The van der Waals surface area contributed by atoms with Crippen molar-refractivity contribution >= 4 is 0 Å². The van der Waals surface area contributed by atoms with Gasteiger partial charge in [-0.05, 0) is 38.5 Å². The summed E-state index contributed by atoms with van der Waals surface area (Å²) in [6.07, 6.45) is 0.963. The second-order valence-corrected chi connectivity index (χ2v) is 5.61. The van der Waals surface area contributed by atoms with Gasteiger partial charge in [-0.15, -0.1) is 0 Å². The molecule has 2 N–H and O–H groups in total. The minimum absolute atomic E-state index is 0.0523. The van der Waals surface area contributed by atoms with Gasteiger partial charge >= 0.3 is 0 Å². The van der Waals surface area contributed by atoms with Crippen LogP contribution in [0, 0.1) is 5.82 Å². The molecule has 0 saturated carbocycles. The van der Waals surface area contributed by atoms with E-state index < -0.39 is 0 Å². The molecule has 1 heterocycles. The summed E-state index contributed by atoms with van der Waals surface area (Å²) in [5, 5.41) is 0. The lowest BCUT2D eigenvalue weighted by Crippen LogP contribution is -2.37. The first-order valence-electron chi connectivity index (χ1n) is 6.25. The number of benzene rings is 1. The third-order valence-electron chi connectivity index (χ3n) is 3.68. The molecule has 1 aliphatic rings. The number of halogens is 1. The Hall–Kier alpha value is -1.13. The van der Waals surface area contributed by atoms with E-state index >= 15 is 0 Å². The maximum atomic E-state index is 13.3. The average molecular weight is 252 g/mol. The Bertz CT molecular complexity index is 434. The van der Waals surface area contributed by atoms with Crippen molar-refractivity contribution in [3.05, 3.63) is 29.6 Å². The van der Waals surface area contributed by atoms with Gasteiger partial charge in [0.05, 0.1) is 7.11 Å². The highest BCUT2D eigenvalue weighted by Gasteiger charge is 2.36. The van der Waals surface area contributed by atoms with Crippen LogP contribution in [0.3, 0.4) is 0 Å². The van der Waals surface area contributed by atoms with E-state index in [2.05, 4.69) is 18.7 Å². The van der Waals surface area contributed by atoms with Crippen molar-refractivity contribution in [3.8, 4) is 5.75 Å². The summed E-state index contributed by atoms with van der Waals surface area (Å²) in [7, 11) is 1.61. The lowest BCUT2D eigenvalue weighted by molar-refractivity contribution is 0.164. The molecule has 4 heteroatoms. The molecule has 0 bridgehead atoms. The van der Waals surface area contributed by atoms with E-state index in [-0.39, 0.29) is 17.4 Å². The first kappa shape index (κ1) is 13.3. The third kappa shape index (κ3) is 2.65. The van der Waals surface area contributed by atoms with Gasteiger partial charge in [0.1, 0.15) is 11.6 Å². The minimum atomic E-state index is -0.230. The number of nitrogens with two attached hydrogens (primary N) is 1. The van der Waals surface area contributed by atoms with Crippen LogP contribution in [0.25, 0.3) is 0 Å². The van der Waals surface area contributed by atoms with Crippen LogP contribution in [0.5, 0.6) is 5.75 Å². The number of methoxy groups -OCH3 is 1. The maximum Gasteiger partial charge on any atom is 0.123 e. The van der Waals surface area contributed by atoms with Crippen molar-refractivity contribution < 1.29 is 9.13 Å². The summed E-state index contributed by atoms with van der Waals surface area (Å²) in [6.45, 7) is 5.85. The Balaban J connectivity index is 2.21. The second-order valence-electron chi connectivity index (χ2n) is 5.61. The zero-order chi connectivity index (χ0) is 13.3. The standard InChI is InChI=1S/C14H21FN2O/c1-14(2)7-12(16)9-17(14)8-10-6-11(15)4-5-13(10)18-3/h4-6,12H,7-9,16H2,1-3H3. The Morgan fingerprint density at radius 1 is 1.50 bits per heavy atom. The summed E-state index contributed by atoms with van der Waals surface area (Å²) in [6, 6.07) is 4.83. The normalized spacial score (nSPS) is 23.3. The molecular formula is C14H21FN2O. The Labute approximate surface area is 108 Å². The molecule has 2 rings (SSSR count). The molecule has 1 aromatic carbocycles. The zero-order valence-corrected chi connectivity index (χ0v) is 11.2. The number of nitrogens with zero attached hydrogens (tertiary/aromatic N) is 1. The summed E-state index contributed by atoms with van der Waals surface area (Å²) >= 11 is 0. The van der Waals surface area contributed by atoms with Gasteiger partial charge in [-0.2, -0.15) is 0 Å². The first-order chi connectivity index (χ1) is 8.42. The number of rotatable bonds is 3. The fourth-order valence-corrected chi connectivity index (χ4v) is 2.72. The van der Waals surface area contributed by atoms with Gasteiger partial charge in [-0.25, -0.2) is 4.39 Å². The molecule has 1 saturated heterocycles. The Morgan fingerprint density at radius 2 is 2.22 bits per heavy atom. The van der Waals surface area contributed by atoms with Crippen molar-refractivity contribution in [3.63, 3.8) is 0 Å². The highest BCUT2D eigenvalue weighted by atomic mass is 19.1. The van der Waals surface area contributed by atoms with Crippen LogP contribution >= 0.6 is 0 Å². The van der Waals surface area contributed by atoms with E-state index in [0.717, 1.165) is 24.3 Å². The molecule has 18 heavy (non-hydrogen) atoms. The summed E-state index contributed by atoms with van der Waals surface area (Å²) in [4.78, 5) is 2.29. The number of ether oxygens (including phenoxy) is 1. The summed E-state index contributed by atoms with van der Waals surface area (Å²) in [5.74, 6) is 0.500. The van der Waals surface area contributed by atoms with Crippen LogP contribution in [-0.2, 0) is 6.54 Å². The highest BCUT2D eigenvalue weighted by molar-refractivity contribution is 5.34. The molecule has 0 aliphatic carbocycles. The minimum Gasteiger partial charge on any atom is -0.496 e. The third-order valence-corrected chi connectivity index (χ3v) is 3.68. The molecule has 100 valence electrons. The predicted octanol–water partition coefficient (Wildman–Crippen LogP) is 2.15. The van der Waals surface area contributed by atoms with E-state index in [0.29, 0.717) is 6.54 Å². The molecule has 0 spiro atoms. The molecule has 3 nitrogen and oxygen atoms in total. The molecular weight excluding hydrogens is 231 g/mol. The van der Waals surface area contributed by atoms with Crippen LogP contribution in [0.2, 0.25) is 0 Å². The molecule has 1 aromatic rings. The lowest BCUT2D eigenvalue weighted by atomic mass is 10.00. The largest absolute Gasteiger partial charge is 0.496 e. The Kier molecular flexibility index (Phi) is 3.59. The van der Waals surface area contributed by atoms with Gasteiger partial charge in [0, 0.05) is 30.2 Å². The second kappa shape index (κ2) is 4.86. The quantitative estimate of drug-likeness (QED) is 0.895. The van der Waals surface area contributed by atoms with Crippen LogP contribution in [0.15, 0.2) is 18.2 Å². The van der Waals surface area contributed by atoms with E-state index in [9.17, 15) is 4.39 Å². The summed E-state index contributed by atoms with van der Waals surface area (Å²) in [5.41, 5.74) is 6.93. The number of likely N-dealkylation sites (tertiary alicyclic amines) is 1. The van der Waals surface area contributed by atoms with Crippen LogP contribution in [0.1, 0.15) is 25.8 Å². The van der Waals surface area contributed by atoms with Gasteiger partial charge in [0.25, 0.3) is 0 Å². The average Bonchev–Trinajstić information content (AvgIpc) is 2.52. The van der Waals surface area contributed by atoms with Gasteiger partial charge in [0.15, 0.2) is 0 Å². The lowest BCUT2D eigenvalue weighted by Gasteiger charge is -2.31. The molecule has 1 aliphatic heterocycles. The zero-order valence-electron chi connectivity index (χ0n) is 11.2. The smallest absolute Gasteiger partial charge is 0.123 e. The Morgan fingerprint density at radius 3 is 2.78 bits per heavy atom. The highest BCUT2D eigenvalue weighted by Crippen LogP contribution is 2.31. The molecule has 1 fully saturated rings. The van der Waals surface area contributed by atoms with Crippen molar-refractivity contribution in [2.24, 2.45) is 5.73 Å². The van der Waals surface area contributed by atoms with Gasteiger partial charge in [0.2, 0.25) is 0 Å². The van der Waals surface area contributed by atoms with E-state index in [1.54, 1.807) is 19.2 Å². The van der Waals surface area contributed by atoms with E-state index in [1.807, 2.05) is 0 Å². The summed E-state index contributed by atoms with van der Waals surface area (Å²) < 4.78 is 18.6. The molecule has 0 aromatic heterocycles. The van der Waals surface area contributed by atoms with Gasteiger partial charge in [-0.3, -0.25) is 4.90 Å². The fourth-order valence-electron chi connectivity index (χ4n) is 2.72. The van der Waals surface area contributed by atoms with Crippen molar-refractivity contribution in [1.29, 1.82) is 0 Å². The monoisotopic (exact) mass is 252 g/mol. The molecule has 1 unspecified atom stereocenters. The maximum absolute atomic E-state index is 13.3. The van der Waals surface area contributed by atoms with E-state index in [4.69, 9.17) is 10.5 Å². The van der Waals surface area contributed by atoms with Crippen LogP contribution < -0.4 is 10.5 Å². The number of hydrogen-bond acceptors (Lipinski definition) is 3. The van der Waals surface area contributed by atoms with Gasteiger partial charge in [-0.1, -0.05) is 0 Å². The van der Waals surface area contributed by atoms with Crippen molar-refractivity contribution in [2.75, 3.05) is 13.7 Å². The molecule has 1 atom stereocenters. The number of hydrogen-bond donors (Lipinski definition) is 1. The predicted molar refractivity (Wildman–Crippen MR) is 70.0 cm³/mol. The fraction of sp³-hybridized carbons (Fsp3) is 0.571. The topological polar surface area (TPSA) is 38.5 Å². The van der Waals surface area contributed by atoms with Crippen LogP contribution in [0.4, 0.5) is 4.39 Å². The molecule has 0 amide bonds. The van der Waals surface area contributed by atoms with Crippen LogP contribution in [-0.4, -0.2) is 30.1 Å². The first-order valence-corrected chi connectivity index (χ1v) is 6.25. The van der Waals surface area contributed by atoms with E-state index in [1.165, 1.54) is 6.07 Å². The van der Waals surface area contributed by atoms with Crippen molar-refractivity contribution in [2.45, 2.75) is 38.4 Å².